The zero-order chi connectivity index (χ0) is 13.8. The van der Waals surface area contributed by atoms with E-state index in [1.807, 2.05) is 0 Å². The molecule has 0 aliphatic heterocycles. The number of benzene rings is 1. The minimum atomic E-state index is -0.369. The van der Waals surface area contributed by atoms with E-state index in [0.29, 0.717) is 17.1 Å². The van der Waals surface area contributed by atoms with Crippen molar-refractivity contribution in [1.29, 1.82) is 0 Å². The fourth-order valence-electron chi connectivity index (χ4n) is 1.66. The summed E-state index contributed by atoms with van der Waals surface area (Å²) >= 11 is 0. The third-order valence-corrected chi connectivity index (χ3v) is 2.63. The van der Waals surface area contributed by atoms with Gasteiger partial charge in [-0.3, -0.25) is 4.79 Å². The molecule has 100 valence electrons. The third kappa shape index (κ3) is 3.09. The number of amides is 1. The van der Waals surface area contributed by atoms with Crippen LogP contribution in [0.5, 0.6) is 5.88 Å². The molecule has 0 fully saturated rings. The highest BCUT2D eigenvalue weighted by molar-refractivity contribution is 5.94. The van der Waals surface area contributed by atoms with Crippen molar-refractivity contribution in [3.63, 3.8) is 0 Å². The molecule has 2 aromatic rings. The van der Waals surface area contributed by atoms with Crippen LogP contribution in [0.1, 0.15) is 16.1 Å². The first kappa shape index (κ1) is 13.1. The lowest BCUT2D eigenvalue weighted by Crippen LogP contribution is -2.23. The number of rotatable bonds is 4. The zero-order valence-corrected chi connectivity index (χ0v) is 10.7. The van der Waals surface area contributed by atoms with E-state index in [1.54, 1.807) is 24.9 Å². The summed E-state index contributed by atoms with van der Waals surface area (Å²) in [5.41, 5.74) is 1.10. The maximum atomic E-state index is 12.7. The number of ether oxygens (including phenoxy) is 1. The summed E-state index contributed by atoms with van der Waals surface area (Å²) in [6, 6.07) is 7.11. The molecule has 0 spiro atoms. The van der Waals surface area contributed by atoms with E-state index in [9.17, 15) is 9.18 Å². The number of hydrogen-bond acceptors (Lipinski definition) is 3. The molecule has 1 N–H and O–H groups in total. The molecule has 2 rings (SSSR count). The summed E-state index contributed by atoms with van der Waals surface area (Å²) in [6.07, 6.45) is 0. The van der Waals surface area contributed by atoms with Gasteiger partial charge in [0.25, 0.3) is 5.91 Å². The fraction of sp³-hybridized carbons (Fsp3) is 0.231. The Hall–Kier alpha value is -2.37. The quantitative estimate of drug-likeness (QED) is 0.909. The molecular formula is C13H14FN3O2. The summed E-state index contributed by atoms with van der Waals surface area (Å²) in [5, 5.41) is 6.88. The predicted molar refractivity (Wildman–Crippen MR) is 67.3 cm³/mol. The Balaban J connectivity index is 1.98. The van der Waals surface area contributed by atoms with Crippen LogP contribution in [0, 0.1) is 5.82 Å². The highest BCUT2D eigenvalue weighted by atomic mass is 19.1. The Morgan fingerprint density at radius 2 is 2.11 bits per heavy atom. The van der Waals surface area contributed by atoms with Gasteiger partial charge in [-0.05, 0) is 24.3 Å². The van der Waals surface area contributed by atoms with Gasteiger partial charge < -0.3 is 10.1 Å². The largest absolute Gasteiger partial charge is 0.481 e. The molecule has 5 nitrogen and oxygen atoms in total. The molecule has 1 aromatic carbocycles. The Morgan fingerprint density at radius 1 is 1.42 bits per heavy atom. The van der Waals surface area contributed by atoms with E-state index in [1.165, 1.54) is 24.3 Å². The minimum absolute atomic E-state index is 0.274. The standard InChI is InChI=1S/C13H14FN3O2/c1-17-12(19-2)7-11(16-17)8-15-13(18)9-3-5-10(14)6-4-9/h3-7H,8H2,1-2H3,(H,15,18). The number of halogens is 1. The van der Waals surface area contributed by atoms with E-state index in [-0.39, 0.29) is 18.3 Å². The van der Waals surface area contributed by atoms with Crippen molar-refractivity contribution in [2.24, 2.45) is 7.05 Å². The van der Waals surface area contributed by atoms with Gasteiger partial charge in [-0.25, -0.2) is 9.07 Å². The molecule has 1 amide bonds. The molecule has 6 heteroatoms. The predicted octanol–water partition coefficient (Wildman–Crippen LogP) is 1.50. The van der Waals surface area contributed by atoms with Crippen LogP contribution >= 0.6 is 0 Å². The number of nitrogens with one attached hydrogen (secondary N) is 1. The summed E-state index contributed by atoms with van der Waals surface area (Å²) in [5.74, 6) is -0.0262. The number of nitrogens with zero attached hydrogens (tertiary/aromatic N) is 2. The van der Waals surface area contributed by atoms with E-state index in [0.717, 1.165) is 0 Å². The van der Waals surface area contributed by atoms with Gasteiger partial charge in [-0.1, -0.05) is 0 Å². The highest BCUT2D eigenvalue weighted by Crippen LogP contribution is 2.11. The first-order chi connectivity index (χ1) is 9.10. The van der Waals surface area contributed by atoms with Gasteiger partial charge in [0.2, 0.25) is 5.88 Å². The fourth-order valence-corrected chi connectivity index (χ4v) is 1.66. The first-order valence-corrected chi connectivity index (χ1v) is 5.71. The number of aryl methyl sites for hydroxylation is 1. The van der Waals surface area contributed by atoms with Crippen LogP contribution in [-0.2, 0) is 13.6 Å². The smallest absolute Gasteiger partial charge is 0.251 e. The normalized spacial score (nSPS) is 10.3. The second-order valence-electron chi connectivity index (χ2n) is 3.99. The zero-order valence-electron chi connectivity index (χ0n) is 10.7. The average molecular weight is 263 g/mol. The molecule has 1 aromatic heterocycles. The van der Waals surface area contributed by atoms with E-state index >= 15 is 0 Å². The molecule has 0 aliphatic rings. The van der Waals surface area contributed by atoms with Gasteiger partial charge in [-0.2, -0.15) is 5.10 Å². The summed E-state index contributed by atoms with van der Waals surface area (Å²) in [6.45, 7) is 0.285. The highest BCUT2D eigenvalue weighted by Gasteiger charge is 2.08. The van der Waals surface area contributed by atoms with Crippen LogP contribution in [-0.4, -0.2) is 22.8 Å². The Morgan fingerprint density at radius 3 is 2.68 bits per heavy atom. The van der Waals surface area contributed by atoms with Crippen molar-refractivity contribution in [2.45, 2.75) is 6.54 Å². The van der Waals surface area contributed by atoms with Crippen LogP contribution in [0.15, 0.2) is 30.3 Å². The molecule has 0 saturated carbocycles. The van der Waals surface area contributed by atoms with Crippen molar-refractivity contribution in [2.75, 3.05) is 7.11 Å². The van der Waals surface area contributed by atoms with Crippen LogP contribution in [0.2, 0.25) is 0 Å². The number of carbonyl (C=O) groups is 1. The summed E-state index contributed by atoms with van der Waals surface area (Å²) in [4.78, 5) is 11.8. The monoisotopic (exact) mass is 263 g/mol. The van der Waals surface area contributed by atoms with Gasteiger partial charge in [0.05, 0.1) is 19.3 Å². The lowest BCUT2D eigenvalue weighted by molar-refractivity contribution is 0.0950. The molecular weight excluding hydrogens is 249 g/mol. The van der Waals surface area contributed by atoms with Crippen molar-refractivity contribution in [3.8, 4) is 5.88 Å². The van der Waals surface area contributed by atoms with Gasteiger partial charge >= 0.3 is 0 Å². The third-order valence-electron chi connectivity index (χ3n) is 2.63. The maximum Gasteiger partial charge on any atom is 0.251 e. The van der Waals surface area contributed by atoms with Gasteiger partial charge in [0.15, 0.2) is 0 Å². The lowest BCUT2D eigenvalue weighted by atomic mass is 10.2. The van der Waals surface area contributed by atoms with E-state index in [4.69, 9.17) is 4.74 Å². The van der Waals surface area contributed by atoms with Crippen LogP contribution in [0.25, 0.3) is 0 Å². The van der Waals surface area contributed by atoms with Crippen molar-refractivity contribution >= 4 is 5.91 Å². The average Bonchev–Trinajstić information content (AvgIpc) is 2.77. The molecule has 1 heterocycles. The van der Waals surface area contributed by atoms with Crippen LogP contribution in [0.4, 0.5) is 4.39 Å². The van der Waals surface area contributed by atoms with Crippen LogP contribution in [0.3, 0.4) is 0 Å². The van der Waals surface area contributed by atoms with Crippen molar-refractivity contribution in [1.82, 2.24) is 15.1 Å². The van der Waals surface area contributed by atoms with E-state index < -0.39 is 0 Å². The van der Waals surface area contributed by atoms with Crippen molar-refractivity contribution in [3.05, 3.63) is 47.4 Å². The molecule has 0 saturated heterocycles. The molecule has 0 unspecified atom stereocenters. The molecule has 0 aliphatic carbocycles. The number of carbonyl (C=O) groups excluding carboxylic acids is 1. The Kier molecular flexibility index (Phi) is 3.79. The second kappa shape index (κ2) is 5.51. The van der Waals surface area contributed by atoms with Gasteiger partial charge in [0, 0.05) is 18.7 Å². The van der Waals surface area contributed by atoms with Crippen LogP contribution < -0.4 is 10.1 Å². The first-order valence-electron chi connectivity index (χ1n) is 5.71. The van der Waals surface area contributed by atoms with Crippen molar-refractivity contribution < 1.29 is 13.9 Å². The second-order valence-corrected chi connectivity index (χ2v) is 3.99. The molecule has 0 atom stereocenters. The van der Waals surface area contributed by atoms with E-state index in [2.05, 4.69) is 10.4 Å². The number of aromatic nitrogens is 2. The Bertz CT molecular complexity index is 578. The Labute approximate surface area is 110 Å². The molecule has 19 heavy (non-hydrogen) atoms. The minimum Gasteiger partial charge on any atom is -0.481 e. The van der Waals surface area contributed by atoms with Gasteiger partial charge in [0.1, 0.15) is 5.82 Å². The van der Waals surface area contributed by atoms with Gasteiger partial charge in [-0.15, -0.1) is 0 Å². The topological polar surface area (TPSA) is 56.1 Å². The maximum absolute atomic E-state index is 12.7. The SMILES string of the molecule is COc1cc(CNC(=O)c2ccc(F)cc2)nn1C. The lowest BCUT2D eigenvalue weighted by Gasteiger charge is -2.02. The number of methoxy groups -OCH3 is 1. The molecule has 0 bridgehead atoms. The molecule has 0 radical (unpaired) electrons. The summed E-state index contributed by atoms with van der Waals surface area (Å²) in [7, 11) is 3.31. The summed E-state index contributed by atoms with van der Waals surface area (Å²) < 4.78 is 19.4. The number of hydrogen-bond donors (Lipinski definition) is 1.